The standard InChI is InChI=1S/2CH2O3.2Cd/c2*2-1(3)4;;/h2*(H2,2,3,4);;/q;;2*+2/p-4. The Bertz CT molecular complexity index is 71.7. The van der Waals surface area contributed by atoms with Crippen LogP contribution in [0.15, 0.2) is 0 Å². The van der Waals surface area contributed by atoms with Crippen molar-refractivity contribution in [1.29, 1.82) is 0 Å². The molecule has 6 nitrogen and oxygen atoms in total. The Morgan fingerprint density at radius 1 is 0.700 bits per heavy atom. The average Bonchev–Trinajstić information content (AvgIpc) is 1.25. The minimum atomic E-state index is -2.33. The molecule has 10 heavy (non-hydrogen) atoms. The molecule has 0 aliphatic rings. The molecule has 0 atom stereocenters. The summed E-state index contributed by atoms with van der Waals surface area (Å²) < 4.78 is 0. The van der Waals surface area contributed by atoms with Crippen LogP contribution in [0, 0.1) is 0 Å². The van der Waals surface area contributed by atoms with E-state index in [-0.39, 0.29) is 54.6 Å². The van der Waals surface area contributed by atoms with E-state index in [2.05, 4.69) is 0 Å². The van der Waals surface area contributed by atoms with E-state index in [1.165, 1.54) is 0 Å². The predicted molar refractivity (Wildman–Crippen MR) is 10.8 cm³/mol. The van der Waals surface area contributed by atoms with E-state index in [0.29, 0.717) is 0 Å². The van der Waals surface area contributed by atoms with Crippen molar-refractivity contribution >= 4 is 12.3 Å². The predicted octanol–water partition coefficient (Wildman–Crippen LogP) is -4.90. The molecule has 0 N–H and O–H groups in total. The van der Waals surface area contributed by atoms with Crippen molar-refractivity contribution in [3.05, 3.63) is 0 Å². The van der Waals surface area contributed by atoms with Gasteiger partial charge in [-0.15, -0.1) is 0 Å². The topological polar surface area (TPSA) is 126 Å². The molecule has 0 aliphatic heterocycles. The van der Waals surface area contributed by atoms with Crippen LogP contribution in [-0.2, 0) is 54.6 Å². The van der Waals surface area contributed by atoms with Crippen LogP contribution in [0.2, 0.25) is 0 Å². The van der Waals surface area contributed by atoms with Gasteiger partial charge in [-0.2, -0.15) is 0 Å². The van der Waals surface area contributed by atoms with Crippen molar-refractivity contribution in [2.24, 2.45) is 0 Å². The van der Waals surface area contributed by atoms with Gasteiger partial charge in [0.2, 0.25) is 0 Å². The van der Waals surface area contributed by atoms with Gasteiger partial charge in [-0.1, -0.05) is 0 Å². The Balaban J connectivity index is -0.0000000300. The third-order valence-electron chi connectivity index (χ3n) is 0. The second-order valence-electron chi connectivity index (χ2n) is 0.500. The molecule has 0 rings (SSSR count). The first-order valence-corrected chi connectivity index (χ1v) is 1.22. The first kappa shape index (κ1) is 22.4. The van der Waals surface area contributed by atoms with E-state index in [4.69, 9.17) is 30.0 Å². The summed E-state index contributed by atoms with van der Waals surface area (Å²) in [6.45, 7) is 0. The molecule has 0 aromatic heterocycles. The summed E-state index contributed by atoms with van der Waals surface area (Å²) in [6, 6.07) is 0. The largest absolute Gasteiger partial charge is 2.00 e. The minimum absolute atomic E-state index is 0. The number of hydrogen-bond acceptors (Lipinski definition) is 6. The third kappa shape index (κ3) is 3100. The molecule has 0 bridgehead atoms. The van der Waals surface area contributed by atoms with E-state index in [0.717, 1.165) is 0 Å². The zero-order valence-electron chi connectivity index (χ0n) is 4.86. The molecule has 0 unspecified atom stereocenters. The molecule has 0 aromatic rings. The van der Waals surface area contributed by atoms with E-state index < -0.39 is 12.3 Å². The van der Waals surface area contributed by atoms with E-state index in [9.17, 15) is 0 Å². The van der Waals surface area contributed by atoms with Crippen molar-refractivity contribution in [2.45, 2.75) is 0 Å². The first-order valence-electron chi connectivity index (χ1n) is 1.22. The Morgan fingerprint density at radius 2 is 0.700 bits per heavy atom. The molecular weight excluding hydrogens is 345 g/mol. The van der Waals surface area contributed by atoms with E-state index in [1.54, 1.807) is 0 Å². The first-order chi connectivity index (χ1) is 3.46. The normalized spacial score (nSPS) is 4.80. The Hall–Kier alpha value is 0.384. The molecule has 0 saturated heterocycles. The van der Waals surface area contributed by atoms with Crippen LogP contribution in [0.5, 0.6) is 0 Å². The second kappa shape index (κ2) is 16.2. The minimum Gasteiger partial charge on any atom is -0.652 e. The second-order valence-corrected chi connectivity index (χ2v) is 0.500. The summed E-state index contributed by atoms with van der Waals surface area (Å²) in [5.41, 5.74) is 0. The van der Waals surface area contributed by atoms with Gasteiger partial charge in [0.25, 0.3) is 0 Å². The molecule has 0 fully saturated rings. The average molecular weight is 345 g/mol. The fourth-order valence-electron chi connectivity index (χ4n) is 0. The molecule has 8 heteroatoms. The van der Waals surface area contributed by atoms with Gasteiger partial charge in [0.15, 0.2) is 0 Å². The summed E-state index contributed by atoms with van der Waals surface area (Å²) in [6.07, 6.45) is -4.67. The van der Waals surface area contributed by atoms with E-state index >= 15 is 0 Å². The summed E-state index contributed by atoms with van der Waals surface area (Å²) in [7, 11) is 0. The maximum absolute atomic E-state index is 8.33. The zero-order chi connectivity index (χ0) is 7.15. The number of hydrogen-bond donors (Lipinski definition) is 0. The van der Waals surface area contributed by atoms with Gasteiger partial charge >= 0.3 is 54.6 Å². The van der Waals surface area contributed by atoms with Crippen molar-refractivity contribution in [2.75, 3.05) is 0 Å². The maximum atomic E-state index is 8.33. The Morgan fingerprint density at radius 3 is 0.700 bits per heavy atom. The van der Waals surface area contributed by atoms with Crippen molar-refractivity contribution < 1.29 is 84.6 Å². The molecule has 48 valence electrons. The molecule has 0 radical (unpaired) electrons. The van der Waals surface area contributed by atoms with Crippen LogP contribution in [-0.4, -0.2) is 12.3 Å². The summed E-state index contributed by atoms with van der Waals surface area (Å²) in [4.78, 5) is 16.7. The molecule has 0 amide bonds. The Labute approximate surface area is 96.2 Å². The van der Waals surface area contributed by atoms with Crippen LogP contribution in [0.4, 0.5) is 9.59 Å². The van der Waals surface area contributed by atoms with Gasteiger partial charge in [-0.05, 0) is 12.3 Å². The zero-order valence-corrected chi connectivity index (χ0v) is 12.9. The SMILES string of the molecule is O=C([O-])[O-].O=C([O-])[O-].[Cd+2].[Cd+2]. The summed E-state index contributed by atoms with van der Waals surface area (Å²) >= 11 is 0. The molecular formula is C2Cd2O6. The fraction of sp³-hybridized carbons (Fsp3) is 0. The molecule has 0 saturated carbocycles. The number of carboxylic acid groups (broad SMARTS) is 4. The summed E-state index contributed by atoms with van der Waals surface area (Å²) in [5, 5.41) is 33.3. The van der Waals surface area contributed by atoms with Crippen LogP contribution in [0.1, 0.15) is 0 Å². The van der Waals surface area contributed by atoms with Crippen LogP contribution < -0.4 is 20.4 Å². The van der Waals surface area contributed by atoms with Gasteiger partial charge < -0.3 is 30.0 Å². The molecule has 0 aromatic carbocycles. The van der Waals surface area contributed by atoms with Gasteiger partial charge in [0.1, 0.15) is 0 Å². The van der Waals surface area contributed by atoms with Gasteiger partial charge in [-0.25, -0.2) is 0 Å². The Kier molecular flexibility index (Phi) is 36.3. The summed E-state index contributed by atoms with van der Waals surface area (Å²) in [5.74, 6) is 0. The maximum Gasteiger partial charge on any atom is 2.00 e. The van der Waals surface area contributed by atoms with Crippen molar-refractivity contribution in [3.63, 3.8) is 0 Å². The smallest absolute Gasteiger partial charge is 0.652 e. The number of carbonyl (C=O) groups excluding carboxylic acids is 2. The van der Waals surface area contributed by atoms with Gasteiger partial charge in [-0.3, -0.25) is 0 Å². The fourth-order valence-corrected chi connectivity index (χ4v) is 0. The van der Waals surface area contributed by atoms with E-state index in [1.807, 2.05) is 0 Å². The van der Waals surface area contributed by atoms with Crippen LogP contribution >= 0.6 is 0 Å². The molecule has 0 heterocycles. The van der Waals surface area contributed by atoms with Gasteiger partial charge in [0, 0.05) is 0 Å². The third-order valence-corrected chi connectivity index (χ3v) is 0. The van der Waals surface area contributed by atoms with Crippen molar-refractivity contribution in [3.8, 4) is 0 Å². The monoisotopic (exact) mass is 348 g/mol. The number of carbonyl (C=O) groups is 2. The molecule has 0 aliphatic carbocycles. The molecule has 0 spiro atoms. The van der Waals surface area contributed by atoms with Gasteiger partial charge in [0.05, 0.1) is 0 Å². The number of rotatable bonds is 0. The quantitative estimate of drug-likeness (QED) is 0.405. The van der Waals surface area contributed by atoms with Crippen LogP contribution in [0.3, 0.4) is 0 Å². The van der Waals surface area contributed by atoms with Crippen LogP contribution in [0.25, 0.3) is 0 Å². The van der Waals surface area contributed by atoms with Crippen molar-refractivity contribution in [1.82, 2.24) is 0 Å².